The lowest BCUT2D eigenvalue weighted by molar-refractivity contribution is -0.238. The number of rotatable bonds is 6. The van der Waals surface area contributed by atoms with Crippen LogP contribution in [-0.4, -0.2) is 30.0 Å². The number of nitriles is 1. The van der Waals surface area contributed by atoms with Gasteiger partial charge in [0.15, 0.2) is 0 Å². The third-order valence-electron chi connectivity index (χ3n) is 4.72. The van der Waals surface area contributed by atoms with E-state index in [2.05, 4.69) is 25.2 Å². The molecule has 1 fully saturated rings. The molecule has 1 aliphatic rings. The average Bonchev–Trinajstić information content (AvgIpc) is 2.48. The van der Waals surface area contributed by atoms with Crippen LogP contribution in [0.2, 0.25) is 0 Å². The van der Waals surface area contributed by atoms with Gasteiger partial charge in [-0.1, -0.05) is 26.0 Å². The molecule has 2 N–H and O–H groups in total. The van der Waals surface area contributed by atoms with E-state index in [1.807, 2.05) is 31.2 Å². The Bertz CT molecular complexity index is 519. The first kappa shape index (κ1) is 16.0. The van der Waals surface area contributed by atoms with Gasteiger partial charge >= 0.3 is 0 Å². The lowest BCUT2D eigenvalue weighted by Gasteiger charge is -2.58. The van der Waals surface area contributed by atoms with Gasteiger partial charge < -0.3 is 15.2 Å². The first-order valence-corrected chi connectivity index (χ1v) is 7.46. The SMILES string of the molecule is CCO[C@@H]1C[C@@](O)(CNCc2ccc(C#N)cc2)C1(C)C. The minimum atomic E-state index is -0.723. The molecule has 1 aliphatic carbocycles. The molecule has 2 atom stereocenters. The summed E-state index contributed by atoms with van der Waals surface area (Å²) in [6.07, 6.45) is 0.804. The first-order valence-electron chi connectivity index (χ1n) is 7.46. The van der Waals surface area contributed by atoms with Gasteiger partial charge in [0.05, 0.1) is 23.3 Å². The highest BCUT2D eigenvalue weighted by Gasteiger charge is 2.59. The summed E-state index contributed by atoms with van der Waals surface area (Å²) in [5, 5.41) is 22.8. The van der Waals surface area contributed by atoms with E-state index in [0.717, 1.165) is 5.56 Å². The van der Waals surface area contributed by atoms with Crippen molar-refractivity contribution in [1.29, 1.82) is 5.26 Å². The van der Waals surface area contributed by atoms with Crippen molar-refractivity contribution in [3.05, 3.63) is 35.4 Å². The van der Waals surface area contributed by atoms with Crippen LogP contribution >= 0.6 is 0 Å². The van der Waals surface area contributed by atoms with Gasteiger partial charge in [0.25, 0.3) is 0 Å². The predicted octanol–water partition coefficient (Wildman–Crippen LogP) is 2.21. The second-order valence-corrected chi connectivity index (χ2v) is 6.31. The van der Waals surface area contributed by atoms with Crippen LogP contribution in [-0.2, 0) is 11.3 Å². The number of aliphatic hydroxyl groups is 1. The molecule has 4 heteroatoms. The summed E-state index contributed by atoms with van der Waals surface area (Å²) in [6, 6.07) is 9.60. The number of nitrogens with zero attached hydrogens (tertiary/aromatic N) is 1. The monoisotopic (exact) mass is 288 g/mol. The quantitative estimate of drug-likeness (QED) is 0.842. The molecule has 0 saturated heterocycles. The predicted molar refractivity (Wildman–Crippen MR) is 81.6 cm³/mol. The second-order valence-electron chi connectivity index (χ2n) is 6.31. The molecule has 1 saturated carbocycles. The molecular formula is C17H24N2O2. The maximum Gasteiger partial charge on any atom is 0.0991 e. The molecule has 0 amide bonds. The summed E-state index contributed by atoms with van der Waals surface area (Å²) >= 11 is 0. The first-order chi connectivity index (χ1) is 9.93. The number of hydrogen-bond acceptors (Lipinski definition) is 4. The van der Waals surface area contributed by atoms with Crippen molar-refractivity contribution in [3.8, 4) is 6.07 Å². The fourth-order valence-electron chi connectivity index (χ4n) is 2.87. The molecule has 0 bridgehead atoms. The summed E-state index contributed by atoms with van der Waals surface area (Å²) < 4.78 is 5.66. The summed E-state index contributed by atoms with van der Waals surface area (Å²) in [4.78, 5) is 0. The summed E-state index contributed by atoms with van der Waals surface area (Å²) in [5.74, 6) is 0. The van der Waals surface area contributed by atoms with Gasteiger partial charge in [-0.25, -0.2) is 0 Å². The highest BCUT2D eigenvalue weighted by Crippen LogP contribution is 2.50. The van der Waals surface area contributed by atoms with Crippen LogP contribution in [0.15, 0.2) is 24.3 Å². The van der Waals surface area contributed by atoms with Gasteiger partial charge in [0, 0.05) is 31.5 Å². The van der Waals surface area contributed by atoms with Crippen LogP contribution in [0.3, 0.4) is 0 Å². The van der Waals surface area contributed by atoms with Crippen molar-refractivity contribution in [3.63, 3.8) is 0 Å². The smallest absolute Gasteiger partial charge is 0.0991 e. The van der Waals surface area contributed by atoms with Crippen molar-refractivity contribution >= 4 is 0 Å². The van der Waals surface area contributed by atoms with Gasteiger partial charge in [-0.3, -0.25) is 0 Å². The number of hydrogen-bond donors (Lipinski definition) is 2. The zero-order chi connectivity index (χ0) is 15.5. The molecule has 0 aromatic heterocycles. The molecule has 0 radical (unpaired) electrons. The largest absolute Gasteiger partial charge is 0.388 e. The van der Waals surface area contributed by atoms with E-state index in [1.165, 1.54) is 0 Å². The highest BCUT2D eigenvalue weighted by molar-refractivity contribution is 5.31. The lowest BCUT2D eigenvalue weighted by atomic mass is 9.56. The van der Waals surface area contributed by atoms with Crippen LogP contribution < -0.4 is 5.32 Å². The van der Waals surface area contributed by atoms with Crippen molar-refractivity contribution in [2.24, 2.45) is 5.41 Å². The third kappa shape index (κ3) is 3.11. The van der Waals surface area contributed by atoms with Gasteiger partial charge in [-0.15, -0.1) is 0 Å². The van der Waals surface area contributed by atoms with Crippen LogP contribution in [0.1, 0.15) is 38.3 Å². The van der Waals surface area contributed by atoms with Crippen molar-refractivity contribution in [2.75, 3.05) is 13.2 Å². The molecule has 1 aromatic rings. The zero-order valence-electron chi connectivity index (χ0n) is 13.0. The molecule has 2 rings (SSSR count). The Morgan fingerprint density at radius 3 is 2.57 bits per heavy atom. The molecule has 4 nitrogen and oxygen atoms in total. The average molecular weight is 288 g/mol. The molecule has 0 aliphatic heterocycles. The Morgan fingerprint density at radius 2 is 2.05 bits per heavy atom. The van der Waals surface area contributed by atoms with E-state index < -0.39 is 5.60 Å². The van der Waals surface area contributed by atoms with Crippen LogP contribution in [0.4, 0.5) is 0 Å². The van der Waals surface area contributed by atoms with Gasteiger partial charge in [0.2, 0.25) is 0 Å². The summed E-state index contributed by atoms with van der Waals surface area (Å²) in [6.45, 7) is 8.01. The van der Waals surface area contributed by atoms with E-state index in [9.17, 15) is 5.11 Å². The molecular weight excluding hydrogens is 264 g/mol. The van der Waals surface area contributed by atoms with E-state index in [1.54, 1.807) is 0 Å². The summed E-state index contributed by atoms with van der Waals surface area (Å²) in [5.41, 5.74) is 0.813. The normalized spacial score (nSPS) is 26.9. The van der Waals surface area contributed by atoms with Gasteiger partial charge in [-0.05, 0) is 24.6 Å². The van der Waals surface area contributed by atoms with E-state index in [-0.39, 0.29) is 11.5 Å². The molecule has 1 aromatic carbocycles. The second kappa shape index (κ2) is 6.15. The molecule has 0 heterocycles. The molecule has 0 unspecified atom stereocenters. The summed E-state index contributed by atoms with van der Waals surface area (Å²) in [7, 11) is 0. The van der Waals surface area contributed by atoms with E-state index in [0.29, 0.717) is 31.7 Å². The maximum atomic E-state index is 10.7. The van der Waals surface area contributed by atoms with Crippen LogP contribution in [0.5, 0.6) is 0 Å². The lowest BCUT2D eigenvalue weighted by Crippen LogP contribution is -2.68. The Hall–Kier alpha value is -1.41. The van der Waals surface area contributed by atoms with Crippen molar-refractivity contribution in [1.82, 2.24) is 5.32 Å². The fraction of sp³-hybridized carbons (Fsp3) is 0.588. The Labute approximate surface area is 126 Å². The topological polar surface area (TPSA) is 65.3 Å². The number of ether oxygens (including phenoxy) is 1. The fourth-order valence-corrected chi connectivity index (χ4v) is 2.87. The third-order valence-corrected chi connectivity index (χ3v) is 4.72. The van der Waals surface area contributed by atoms with E-state index in [4.69, 9.17) is 10.00 Å². The molecule has 0 spiro atoms. The van der Waals surface area contributed by atoms with Gasteiger partial charge in [0.1, 0.15) is 0 Å². The minimum Gasteiger partial charge on any atom is -0.388 e. The molecule has 21 heavy (non-hydrogen) atoms. The van der Waals surface area contributed by atoms with Gasteiger partial charge in [-0.2, -0.15) is 5.26 Å². The number of benzene rings is 1. The Balaban J connectivity index is 1.84. The van der Waals surface area contributed by atoms with Crippen LogP contribution in [0.25, 0.3) is 0 Å². The standard InChI is InChI=1S/C17H24N2O2/c1-4-21-15-9-17(20,16(15,2)3)12-19-11-14-7-5-13(10-18)6-8-14/h5-8,15,19-20H,4,9,11-12H2,1-3H3/t15-,17-/m1/s1. The van der Waals surface area contributed by atoms with Crippen molar-refractivity contribution < 1.29 is 9.84 Å². The number of nitrogens with one attached hydrogen (secondary N) is 1. The van der Waals surface area contributed by atoms with Crippen LogP contribution in [0, 0.1) is 16.7 Å². The zero-order valence-corrected chi connectivity index (χ0v) is 13.0. The Morgan fingerprint density at radius 1 is 1.38 bits per heavy atom. The maximum absolute atomic E-state index is 10.7. The highest BCUT2D eigenvalue weighted by atomic mass is 16.5. The molecule has 114 valence electrons. The van der Waals surface area contributed by atoms with Crippen molar-refractivity contribution in [2.45, 2.75) is 45.4 Å². The minimum absolute atomic E-state index is 0.129. The van der Waals surface area contributed by atoms with E-state index >= 15 is 0 Å². The Kier molecular flexibility index (Phi) is 4.67.